The lowest BCUT2D eigenvalue weighted by Gasteiger charge is -2.50. The zero-order chi connectivity index (χ0) is 51.0. The number of morpholine rings is 1. The Morgan fingerprint density at radius 2 is 1.54 bits per heavy atom. The van der Waals surface area contributed by atoms with Gasteiger partial charge >= 0.3 is 5.97 Å². The van der Waals surface area contributed by atoms with Crippen LogP contribution in [-0.2, 0) is 55.8 Å². The van der Waals surface area contributed by atoms with Crippen molar-refractivity contribution in [3.05, 3.63) is 89.0 Å². The molecule has 380 valence electrons. The number of carbonyl (C=O) groups excluding carboxylic acids is 6. The molecule has 8 rings (SSSR count). The maximum atomic E-state index is 13.6. The number of aliphatic hydroxyl groups excluding tert-OH is 1. The summed E-state index contributed by atoms with van der Waals surface area (Å²) in [4.78, 5) is 79.2. The van der Waals surface area contributed by atoms with E-state index in [9.17, 15) is 44.1 Å². The minimum absolute atomic E-state index is 0.0000834. The minimum Gasteiger partial charge on any atom is -0.497 e. The smallest absolute Gasteiger partial charge is 0.303 e. The Morgan fingerprint density at radius 1 is 0.914 bits per heavy atom. The van der Waals surface area contributed by atoms with Crippen LogP contribution in [0.25, 0.3) is 0 Å². The van der Waals surface area contributed by atoms with Gasteiger partial charge < -0.3 is 39.6 Å². The molecule has 0 aromatic heterocycles. The van der Waals surface area contributed by atoms with Crippen LogP contribution in [0.15, 0.2) is 77.9 Å². The zero-order valence-electron chi connectivity index (χ0n) is 41.5. The molecule has 0 unspecified atom stereocenters. The monoisotopic (exact) mass is 970 g/mol. The SMILES string of the molecule is CC(=O)O[C@@]12C[C@@H](C)[C@@]3(O)[C@@H](C=C(CO)C[C@]4(O)C(=O)C(C)=C[C@@H]34)[C@@H]1C2(C)C.COc1ccc(C[C@H](N[C@@H](Cc2ccccc2)C(=O)[C@@]2(C)CO2)C(=O)NC(=O)[C@H](C)NC(=O)CN2CCOCC2)cc1. The molecule has 0 radical (unpaired) electrons. The molecular formula is C53H70N4O13. The largest absolute Gasteiger partial charge is 0.497 e. The van der Waals surface area contributed by atoms with Crippen LogP contribution < -0.4 is 20.7 Å². The van der Waals surface area contributed by atoms with Gasteiger partial charge in [-0.15, -0.1) is 0 Å². The molecule has 2 saturated carbocycles. The van der Waals surface area contributed by atoms with Crippen molar-refractivity contribution < 1.29 is 63.0 Å². The standard InChI is InChI=1S/C31H40N4O7.C22H30O6/c1-21(32-27(36)19-35-13-15-41-16-14-35)29(38)34-30(39)26(18-23-9-11-24(40-3)12-10-23)33-25(28(37)31(2)20-42-31)17-22-7-5-4-6-8-22;1-11-6-16-20(26,18(11)25)9-14(10-23)7-15-17-19(4,5)21(17,28-13(3)24)8-12(2)22(15,16)27/h4-12,21,25-26,33H,13-20H2,1-3H3,(H,32,36)(H,34,38,39);6-7,12,15-17,23,26-27H,8-10H2,1-5H3/t21-,25-,26-,31+;12-,15+,16-,17-,20-,21+,22-/m01/s1. The van der Waals surface area contributed by atoms with Crippen LogP contribution in [0.4, 0.5) is 0 Å². The molecule has 4 aliphatic carbocycles. The molecule has 17 heteroatoms. The number of ether oxygens (including phenoxy) is 4. The molecule has 6 N–H and O–H groups in total. The average molecular weight is 971 g/mol. The fraction of sp³-hybridized carbons (Fsp3) is 0.585. The number of imide groups is 1. The van der Waals surface area contributed by atoms with Crippen LogP contribution >= 0.6 is 0 Å². The van der Waals surface area contributed by atoms with Crippen molar-refractivity contribution in [1.82, 2.24) is 20.9 Å². The predicted molar refractivity (Wildman–Crippen MR) is 256 cm³/mol. The second-order valence-corrected chi connectivity index (χ2v) is 20.9. The highest BCUT2D eigenvalue weighted by Crippen LogP contribution is 2.76. The van der Waals surface area contributed by atoms with E-state index in [4.69, 9.17) is 18.9 Å². The second kappa shape index (κ2) is 20.5. The van der Waals surface area contributed by atoms with E-state index in [1.165, 1.54) is 13.8 Å². The number of methoxy groups -OCH3 is 1. The molecule has 2 aliphatic heterocycles. The lowest BCUT2D eigenvalue weighted by atomic mass is 9.60. The van der Waals surface area contributed by atoms with E-state index in [1.54, 1.807) is 39.2 Å². The van der Waals surface area contributed by atoms with E-state index in [1.807, 2.05) is 74.2 Å². The van der Waals surface area contributed by atoms with Crippen molar-refractivity contribution in [3.63, 3.8) is 0 Å². The summed E-state index contributed by atoms with van der Waals surface area (Å²) in [6.07, 6.45) is 4.55. The Morgan fingerprint density at radius 3 is 2.14 bits per heavy atom. The van der Waals surface area contributed by atoms with Gasteiger partial charge in [-0.2, -0.15) is 0 Å². The second-order valence-electron chi connectivity index (χ2n) is 20.9. The molecule has 0 spiro atoms. The summed E-state index contributed by atoms with van der Waals surface area (Å²) >= 11 is 0. The molecule has 2 saturated heterocycles. The van der Waals surface area contributed by atoms with Gasteiger partial charge in [-0.1, -0.05) is 75.4 Å². The summed E-state index contributed by atoms with van der Waals surface area (Å²) in [6, 6.07) is 14.1. The minimum atomic E-state index is -1.75. The van der Waals surface area contributed by atoms with Gasteiger partial charge in [0.1, 0.15) is 28.6 Å². The van der Waals surface area contributed by atoms with Crippen molar-refractivity contribution in [1.29, 1.82) is 0 Å². The molecule has 0 bridgehead atoms. The van der Waals surface area contributed by atoms with Crippen molar-refractivity contribution in [2.75, 3.05) is 53.2 Å². The highest BCUT2D eigenvalue weighted by atomic mass is 16.6. The van der Waals surface area contributed by atoms with Crippen LogP contribution in [0.3, 0.4) is 0 Å². The topological polar surface area (TPSA) is 243 Å². The first-order valence-corrected chi connectivity index (χ1v) is 24.3. The summed E-state index contributed by atoms with van der Waals surface area (Å²) in [5, 5.41) is 41.7. The van der Waals surface area contributed by atoms with Gasteiger partial charge in [-0.05, 0) is 80.4 Å². The molecular weight excluding hydrogens is 901 g/mol. The number of rotatable bonds is 16. The Balaban J connectivity index is 0.000000223. The van der Waals surface area contributed by atoms with E-state index in [-0.39, 0.29) is 66.7 Å². The van der Waals surface area contributed by atoms with E-state index in [2.05, 4.69) is 16.0 Å². The number of epoxide rings is 1. The van der Waals surface area contributed by atoms with Crippen molar-refractivity contribution in [2.24, 2.45) is 29.1 Å². The predicted octanol–water partition coefficient (Wildman–Crippen LogP) is 2.18. The molecule has 2 aromatic carbocycles. The van der Waals surface area contributed by atoms with Gasteiger partial charge in [0, 0.05) is 49.6 Å². The Labute approximate surface area is 409 Å². The van der Waals surface area contributed by atoms with Crippen LogP contribution in [0.5, 0.6) is 5.75 Å². The number of carbonyl (C=O) groups is 6. The lowest BCUT2D eigenvalue weighted by Crippen LogP contribution is -2.61. The van der Waals surface area contributed by atoms with Crippen molar-refractivity contribution >= 4 is 35.3 Å². The maximum Gasteiger partial charge on any atom is 0.303 e. The molecule has 4 fully saturated rings. The number of hydrogen-bond acceptors (Lipinski definition) is 15. The van der Waals surface area contributed by atoms with E-state index in [0.717, 1.165) is 11.1 Å². The molecule has 70 heavy (non-hydrogen) atoms. The summed E-state index contributed by atoms with van der Waals surface area (Å²) in [5.41, 5.74) is -2.37. The first-order valence-electron chi connectivity index (χ1n) is 24.3. The fourth-order valence-corrected chi connectivity index (χ4v) is 11.6. The average Bonchev–Trinajstić information content (AvgIpc) is 4.17. The number of aliphatic hydroxyl groups is 3. The van der Waals surface area contributed by atoms with Gasteiger partial charge in [0.2, 0.25) is 17.7 Å². The number of fused-ring (bicyclic) bond motifs is 5. The van der Waals surface area contributed by atoms with Gasteiger partial charge in [0.15, 0.2) is 11.6 Å². The maximum absolute atomic E-state index is 13.6. The van der Waals surface area contributed by atoms with E-state index < -0.39 is 64.2 Å². The summed E-state index contributed by atoms with van der Waals surface area (Å²) < 4.78 is 21.8. The molecule has 6 aliphatic rings. The van der Waals surface area contributed by atoms with Crippen LogP contribution in [-0.4, -0.2) is 149 Å². The van der Waals surface area contributed by atoms with Crippen LogP contribution in [0, 0.1) is 29.1 Å². The molecule has 2 aromatic rings. The summed E-state index contributed by atoms with van der Waals surface area (Å²) in [5.74, 6) is -3.46. The van der Waals surface area contributed by atoms with Gasteiger partial charge in [0.05, 0.1) is 57.8 Å². The molecule has 2 heterocycles. The summed E-state index contributed by atoms with van der Waals surface area (Å²) in [7, 11) is 1.57. The van der Waals surface area contributed by atoms with Crippen molar-refractivity contribution in [2.45, 2.75) is 115 Å². The molecule has 3 amide bonds. The highest BCUT2D eigenvalue weighted by molar-refractivity contribution is 6.05. The zero-order valence-corrected chi connectivity index (χ0v) is 41.5. The Bertz CT molecular complexity index is 2380. The van der Waals surface area contributed by atoms with Crippen LogP contribution in [0.1, 0.15) is 72.4 Å². The first-order chi connectivity index (χ1) is 33.0. The number of esters is 1. The number of nitrogens with one attached hydrogen (secondary N) is 3. The van der Waals surface area contributed by atoms with Crippen molar-refractivity contribution in [3.8, 4) is 5.75 Å². The van der Waals surface area contributed by atoms with Crippen LogP contribution in [0.2, 0.25) is 0 Å². The van der Waals surface area contributed by atoms with E-state index >= 15 is 0 Å². The number of benzene rings is 2. The number of nitrogens with zero attached hydrogens (tertiary/aromatic N) is 1. The van der Waals surface area contributed by atoms with Gasteiger partial charge in [-0.25, -0.2) is 0 Å². The van der Waals surface area contributed by atoms with Gasteiger partial charge in [-0.3, -0.25) is 44.3 Å². The summed E-state index contributed by atoms with van der Waals surface area (Å²) in [6.45, 7) is 14.8. The molecule has 17 nitrogen and oxygen atoms in total. The third kappa shape index (κ3) is 10.4. The number of ketones is 2. The number of Topliss-reactive ketones (excluding diaryl/α,β-unsaturated/α-hetero) is 2. The van der Waals surface area contributed by atoms with E-state index in [0.29, 0.717) is 62.6 Å². The molecule has 11 atom stereocenters. The fourth-order valence-electron chi connectivity index (χ4n) is 11.6. The third-order valence-electron chi connectivity index (χ3n) is 15.7. The Kier molecular flexibility index (Phi) is 15.5. The normalized spacial score (nSPS) is 31.7. The highest BCUT2D eigenvalue weighted by Gasteiger charge is 2.83. The third-order valence-corrected chi connectivity index (χ3v) is 15.7. The Hall–Kier alpha value is -5.14. The first kappa shape index (κ1) is 52.7. The lowest BCUT2D eigenvalue weighted by molar-refractivity contribution is -0.186. The number of hydrogen-bond donors (Lipinski definition) is 6. The quantitative estimate of drug-likeness (QED) is 0.0803. The number of amides is 3. The van der Waals surface area contributed by atoms with Gasteiger partial charge in [0.25, 0.3) is 0 Å².